The van der Waals surface area contributed by atoms with Crippen LogP contribution in [0.25, 0.3) is 0 Å². The molecule has 35 heavy (non-hydrogen) atoms. The molecule has 0 aliphatic carbocycles. The van der Waals surface area contributed by atoms with Crippen molar-refractivity contribution in [1.82, 2.24) is 0 Å². The summed E-state index contributed by atoms with van der Waals surface area (Å²) in [5.41, 5.74) is 7.15. The van der Waals surface area contributed by atoms with E-state index in [-0.39, 0.29) is 23.6 Å². The van der Waals surface area contributed by atoms with Gasteiger partial charge >= 0.3 is 0 Å². The summed E-state index contributed by atoms with van der Waals surface area (Å²) in [4.78, 5) is 0. The van der Waals surface area contributed by atoms with E-state index in [1.807, 2.05) is 12.1 Å². The van der Waals surface area contributed by atoms with E-state index in [9.17, 15) is 4.39 Å². The number of rotatable bonds is 7. The third-order valence-electron chi connectivity index (χ3n) is 6.74. The molecule has 0 aromatic heterocycles. The molecule has 0 spiro atoms. The number of aryl methyl sites for hydroxylation is 1. The van der Waals surface area contributed by atoms with Crippen LogP contribution >= 0.6 is 0 Å². The van der Waals surface area contributed by atoms with Crippen LogP contribution in [-0.2, 0) is 24.8 Å². The molecule has 0 atom stereocenters. The average molecular weight is 496 g/mol. The average Bonchev–Trinajstić information content (AvgIpc) is 2.83. The van der Waals surface area contributed by atoms with Crippen LogP contribution in [0.1, 0.15) is 55.0 Å². The van der Waals surface area contributed by atoms with E-state index in [1.54, 1.807) is 20.3 Å². The summed E-state index contributed by atoms with van der Waals surface area (Å²) in [6.07, 6.45) is 2.67. The molecule has 1 aliphatic rings. The van der Waals surface area contributed by atoms with Crippen LogP contribution in [0, 0.1) is 5.82 Å². The zero-order valence-corrected chi connectivity index (χ0v) is 22.1. The number of halogens is 2. The molecular formula is C30H35ClFNO2. The molecule has 0 bridgehead atoms. The van der Waals surface area contributed by atoms with Gasteiger partial charge in [-0.1, -0.05) is 57.2 Å². The molecule has 0 saturated carbocycles. The Labute approximate surface area is 215 Å². The third-order valence-corrected chi connectivity index (χ3v) is 6.74. The van der Waals surface area contributed by atoms with Crippen LogP contribution in [0.5, 0.6) is 11.5 Å². The van der Waals surface area contributed by atoms with Crippen molar-refractivity contribution in [2.75, 3.05) is 20.8 Å². The first kappa shape index (κ1) is 26.7. The Bertz CT molecular complexity index is 1200. The first-order valence-electron chi connectivity index (χ1n) is 12.0. The summed E-state index contributed by atoms with van der Waals surface area (Å²) in [5, 5.41) is 0. The van der Waals surface area contributed by atoms with Gasteiger partial charge in [-0.3, -0.25) is 0 Å². The molecule has 3 nitrogen and oxygen atoms in total. The van der Waals surface area contributed by atoms with Gasteiger partial charge in [-0.15, -0.1) is 0 Å². The maximum absolute atomic E-state index is 14.5. The number of methoxy groups -OCH3 is 2. The minimum Gasteiger partial charge on any atom is -1.00 e. The fourth-order valence-corrected chi connectivity index (χ4v) is 4.69. The monoisotopic (exact) mass is 495 g/mol. The van der Waals surface area contributed by atoms with Gasteiger partial charge in [-0.05, 0) is 52.8 Å². The Kier molecular flexibility index (Phi) is 8.60. The second-order valence-electron chi connectivity index (χ2n) is 10.0. The summed E-state index contributed by atoms with van der Waals surface area (Å²) in [6, 6.07) is 20.2. The number of hydrogen-bond donors (Lipinski definition) is 0. The molecule has 0 amide bonds. The van der Waals surface area contributed by atoms with Crippen molar-refractivity contribution in [3.05, 3.63) is 94.3 Å². The second kappa shape index (κ2) is 11.3. The van der Waals surface area contributed by atoms with Crippen LogP contribution < -0.4 is 21.9 Å². The standard InChI is InChI=1S/C30H35FNO2.ClH/c1-30(2,3)24-13-10-21(11-14-24)12-15-27-25-19-29(34-5)28(33-4)18-22(25)16-17-32(27)20-23-8-6-7-9-26(23)31;/h6-11,13-14,18-19H,12,15-17,20H2,1-5H3;1H/q+1;/p-1. The van der Waals surface area contributed by atoms with E-state index >= 15 is 0 Å². The molecule has 0 N–H and O–H groups in total. The predicted octanol–water partition coefficient (Wildman–Crippen LogP) is 3.34. The first-order chi connectivity index (χ1) is 16.3. The molecule has 5 heteroatoms. The zero-order chi connectivity index (χ0) is 24.3. The van der Waals surface area contributed by atoms with Crippen molar-refractivity contribution in [1.29, 1.82) is 0 Å². The molecule has 0 unspecified atom stereocenters. The van der Waals surface area contributed by atoms with E-state index in [0.29, 0.717) is 6.54 Å². The Morgan fingerprint density at radius 2 is 1.54 bits per heavy atom. The molecule has 186 valence electrons. The van der Waals surface area contributed by atoms with Gasteiger partial charge in [-0.25, -0.2) is 8.97 Å². The van der Waals surface area contributed by atoms with Gasteiger partial charge in [-0.2, -0.15) is 0 Å². The number of ether oxygens (including phenoxy) is 2. The van der Waals surface area contributed by atoms with Crippen molar-refractivity contribution >= 4 is 5.71 Å². The Morgan fingerprint density at radius 3 is 2.17 bits per heavy atom. The lowest BCUT2D eigenvalue weighted by atomic mass is 9.86. The van der Waals surface area contributed by atoms with E-state index in [0.717, 1.165) is 42.9 Å². The van der Waals surface area contributed by atoms with Gasteiger partial charge in [0.15, 0.2) is 23.8 Å². The molecule has 3 aromatic carbocycles. The highest BCUT2D eigenvalue weighted by atomic mass is 35.5. The van der Waals surface area contributed by atoms with Crippen molar-refractivity contribution in [2.45, 2.75) is 52.0 Å². The second-order valence-corrected chi connectivity index (χ2v) is 10.0. The maximum Gasteiger partial charge on any atom is 0.184 e. The van der Waals surface area contributed by atoms with Crippen LogP contribution in [0.3, 0.4) is 0 Å². The van der Waals surface area contributed by atoms with Crippen LogP contribution in [0.15, 0.2) is 60.7 Å². The van der Waals surface area contributed by atoms with Crippen molar-refractivity contribution in [3.8, 4) is 11.5 Å². The number of benzene rings is 3. The topological polar surface area (TPSA) is 21.5 Å². The Balaban J connectivity index is 0.00000342. The lowest BCUT2D eigenvalue weighted by Crippen LogP contribution is -3.00. The summed E-state index contributed by atoms with van der Waals surface area (Å²) in [6.45, 7) is 8.10. The molecular weight excluding hydrogens is 461 g/mol. The predicted molar refractivity (Wildman–Crippen MR) is 136 cm³/mol. The van der Waals surface area contributed by atoms with Crippen molar-refractivity contribution in [2.24, 2.45) is 0 Å². The highest BCUT2D eigenvalue weighted by Crippen LogP contribution is 2.33. The quantitative estimate of drug-likeness (QED) is 0.469. The Morgan fingerprint density at radius 1 is 0.886 bits per heavy atom. The van der Waals surface area contributed by atoms with E-state index < -0.39 is 0 Å². The summed E-state index contributed by atoms with van der Waals surface area (Å²) in [7, 11) is 3.34. The smallest absolute Gasteiger partial charge is 0.184 e. The first-order valence-corrected chi connectivity index (χ1v) is 12.0. The van der Waals surface area contributed by atoms with Gasteiger partial charge in [0.1, 0.15) is 12.4 Å². The van der Waals surface area contributed by atoms with Gasteiger partial charge in [0, 0.05) is 18.4 Å². The SMILES string of the molecule is COc1cc2c(cc1OC)C(CCc1ccc(C(C)(C)C)cc1)=[N+](Cc1ccccc1F)CC2.[Cl-]. The van der Waals surface area contributed by atoms with Gasteiger partial charge < -0.3 is 21.9 Å². The molecule has 3 aromatic rings. The highest BCUT2D eigenvalue weighted by molar-refractivity contribution is 5.99. The van der Waals surface area contributed by atoms with Gasteiger partial charge in [0.25, 0.3) is 0 Å². The fourth-order valence-electron chi connectivity index (χ4n) is 4.69. The van der Waals surface area contributed by atoms with Crippen LogP contribution in [0.2, 0.25) is 0 Å². The number of hydrogen-bond acceptors (Lipinski definition) is 2. The molecule has 0 saturated heterocycles. The summed E-state index contributed by atoms with van der Waals surface area (Å²) in [5.74, 6) is 1.32. The van der Waals surface area contributed by atoms with E-state index in [2.05, 4.69) is 61.7 Å². The number of fused-ring (bicyclic) bond motifs is 1. The lowest BCUT2D eigenvalue weighted by molar-refractivity contribution is -0.546. The van der Waals surface area contributed by atoms with Crippen molar-refractivity contribution in [3.63, 3.8) is 0 Å². The maximum atomic E-state index is 14.5. The van der Waals surface area contributed by atoms with Crippen LogP contribution in [0.4, 0.5) is 4.39 Å². The molecule has 1 heterocycles. The molecule has 0 radical (unpaired) electrons. The molecule has 0 fully saturated rings. The Hall–Kier alpha value is -2.85. The summed E-state index contributed by atoms with van der Waals surface area (Å²) >= 11 is 0. The highest BCUT2D eigenvalue weighted by Gasteiger charge is 2.28. The largest absolute Gasteiger partial charge is 1.00 e. The third kappa shape index (κ3) is 6.05. The minimum absolute atomic E-state index is 0. The van der Waals surface area contributed by atoms with E-state index in [4.69, 9.17) is 9.47 Å². The molecule has 4 rings (SSSR count). The zero-order valence-electron chi connectivity index (χ0n) is 21.3. The fraction of sp³-hybridized carbons (Fsp3) is 0.367. The number of nitrogens with zero attached hydrogens (tertiary/aromatic N) is 1. The lowest BCUT2D eigenvalue weighted by Gasteiger charge is -2.21. The normalized spacial score (nSPS) is 13.2. The van der Waals surface area contributed by atoms with E-state index in [1.165, 1.54) is 34.0 Å². The van der Waals surface area contributed by atoms with Crippen molar-refractivity contribution < 1.29 is 30.8 Å². The summed E-state index contributed by atoms with van der Waals surface area (Å²) < 4.78 is 28.0. The minimum atomic E-state index is -0.155. The van der Waals surface area contributed by atoms with Crippen LogP contribution in [-0.4, -0.2) is 31.1 Å². The van der Waals surface area contributed by atoms with Gasteiger partial charge in [0.05, 0.1) is 19.8 Å². The van der Waals surface area contributed by atoms with Gasteiger partial charge in [0.2, 0.25) is 0 Å². The molecule has 1 aliphatic heterocycles.